The molecule has 3 rings (SSSR count). The number of benzene rings is 2. The Bertz CT molecular complexity index is 661. The van der Waals surface area contributed by atoms with Crippen LogP contribution >= 0.6 is 23.4 Å². The van der Waals surface area contributed by atoms with Crippen LogP contribution in [0, 0.1) is 0 Å². The molecule has 104 valence electrons. The molecular formula is C18H14ClNS. The van der Waals surface area contributed by atoms with E-state index in [9.17, 15) is 0 Å². The van der Waals surface area contributed by atoms with E-state index in [4.69, 9.17) is 11.6 Å². The molecule has 21 heavy (non-hydrogen) atoms. The molecule has 1 heterocycles. The van der Waals surface area contributed by atoms with Gasteiger partial charge in [0.1, 0.15) is 0 Å². The predicted molar refractivity (Wildman–Crippen MR) is 89.8 cm³/mol. The van der Waals surface area contributed by atoms with Crippen LogP contribution in [0.4, 0.5) is 0 Å². The molecule has 0 N–H and O–H groups in total. The lowest BCUT2D eigenvalue weighted by molar-refractivity contribution is 1.11. The molecule has 3 aromatic rings. The van der Waals surface area contributed by atoms with Crippen LogP contribution in [0.3, 0.4) is 0 Å². The van der Waals surface area contributed by atoms with Crippen LogP contribution in [0.15, 0.2) is 84.0 Å². The first-order chi connectivity index (χ1) is 10.3. The first-order valence-electron chi connectivity index (χ1n) is 6.70. The second-order valence-electron chi connectivity index (χ2n) is 4.63. The summed E-state index contributed by atoms with van der Waals surface area (Å²) in [6.45, 7) is 0. The van der Waals surface area contributed by atoms with Gasteiger partial charge < -0.3 is 0 Å². The molecule has 0 aliphatic heterocycles. The molecule has 2 aromatic carbocycles. The third-order valence-electron chi connectivity index (χ3n) is 3.17. The number of hydrogen-bond acceptors (Lipinski definition) is 2. The van der Waals surface area contributed by atoms with Crippen molar-refractivity contribution in [3.63, 3.8) is 0 Å². The molecule has 0 aliphatic rings. The van der Waals surface area contributed by atoms with Crippen molar-refractivity contribution < 1.29 is 0 Å². The average Bonchev–Trinajstić information content (AvgIpc) is 2.56. The molecular weight excluding hydrogens is 298 g/mol. The number of halogens is 1. The van der Waals surface area contributed by atoms with Gasteiger partial charge in [-0.25, -0.2) is 0 Å². The maximum atomic E-state index is 6.31. The Morgan fingerprint density at radius 1 is 0.810 bits per heavy atom. The lowest BCUT2D eigenvalue weighted by Gasteiger charge is -2.18. The van der Waals surface area contributed by atoms with Gasteiger partial charge in [0, 0.05) is 17.3 Å². The smallest absolute Gasteiger partial charge is 0.0609 e. The first kappa shape index (κ1) is 14.2. The third kappa shape index (κ3) is 3.46. The summed E-state index contributed by atoms with van der Waals surface area (Å²) in [7, 11) is 0. The van der Waals surface area contributed by atoms with E-state index in [0.717, 1.165) is 9.92 Å². The first-order valence-corrected chi connectivity index (χ1v) is 7.96. The molecule has 0 aliphatic carbocycles. The lowest BCUT2D eigenvalue weighted by Crippen LogP contribution is -1.97. The van der Waals surface area contributed by atoms with Crippen molar-refractivity contribution in [2.45, 2.75) is 10.1 Å². The number of nitrogens with zero attached hydrogens (tertiary/aromatic N) is 1. The number of aromatic nitrogens is 1. The van der Waals surface area contributed by atoms with Gasteiger partial charge in [-0.1, -0.05) is 60.1 Å². The maximum absolute atomic E-state index is 6.31. The van der Waals surface area contributed by atoms with Crippen LogP contribution in [0.25, 0.3) is 0 Å². The molecule has 3 heteroatoms. The predicted octanol–water partition coefficient (Wildman–Crippen LogP) is 5.62. The van der Waals surface area contributed by atoms with Crippen LogP contribution in [-0.4, -0.2) is 4.98 Å². The number of thioether (sulfide) groups is 1. The molecule has 0 radical (unpaired) electrons. The SMILES string of the molecule is Clc1ccccc1SC(c1ccccc1)c1cccnc1. The van der Waals surface area contributed by atoms with Gasteiger partial charge in [0.05, 0.1) is 10.3 Å². The monoisotopic (exact) mass is 311 g/mol. The Balaban J connectivity index is 1.99. The maximum Gasteiger partial charge on any atom is 0.0609 e. The Hall–Kier alpha value is -1.77. The highest BCUT2D eigenvalue weighted by molar-refractivity contribution is 7.99. The fourth-order valence-corrected chi connectivity index (χ4v) is 3.58. The zero-order valence-electron chi connectivity index (χ0n) is 11.3. The molecule has 1 nitrogen and oxygen atoms in total. The van der Waals surface area contributed by atoms with E-state index < -0.39 is 0 Å². The van der Waals surface area contributed by atoms with Crippen LogP contribution in [0.5, 0.6) is 0 Å². The summed E-state index contributed by atoms with van der Waals surface area (Å²) in [6.07, 6.45) is 3.72. The van der Waals surface area contributed by atoms with Gasteiger partial charge in [0.15, 0.2) is 0 Å². The van der Waals surface area contributed by atoms with Gasteiger partial charge >= 0.3 is 0 Å². The van der Waals surface area contributed by atoms with E-state index in [-0.39, 0.29) is 5.25 Å². The standard InChI is InChI=1S/C18H14ClNS/c19-16-10-4-5-11-17(16)21-18(14-7-2-1-3-8-14)15-9-6-12-20-13-15/h1-13,18H. The summed E-state index contributed by atoms with van der Waals surface area (Å²) in [5.74, 6) is 0. The minimum Gasteiger partial charge on any atom is -0.264 e. The Kier molecular flexibility index (Phi) is 4.59. The van der Waals surface area contributed by atoms with E-state index in [0.29, 0.717) is 0 Å². The highest BCUT2D eigenvalue weighted by Gasteiger charge is 2.16. The quantitative estimate of drug-likeness (QED) is 0.580. The van der Waals surface area contributed by atoms with Gasteiger partial charge in [-0.2, -0.15) is 0 Å². The highest BCUT2D eigenvalue weighted by Crippen LogP contribution is 2.42. The Morgan fingerprint density at radius 3 is 2.24 bits per heavy atom. The molecule has 0 saturated carbocycles. The van der Waals surface area contributed by atoms with Crippen LogP contribution in [0.1, 0.15) is 16.4 Å². The number of pyridine rings is 1. The fourth-order valence-electron chi connectivity index (χ4n) is 2.15. The largest absolute Gasteiger partial charge is 0.264 e. The second kappa shape index (κ2) is 6.79. The molecule has 0 amide bonds. The summed E-state index contributed by atoms with van der Waals surface area (Å²) < 4.78 is 0. The minimum absolute atomic E-state index is 0.180. The van der Waals surface area contributed by atoms with E-state index in [1.54, 1.807) is 18.0 Å². The van der Waals surface area contributed by atoms with Crippen molar-refractivity contribution in [3.05, 3.63) is 95.3 Å². The molecule has 0 saturated heterocycles. The molecule has 1 aromatic heterocycles. The van der Waals surface area contributed by atoms with Gasteiger partial charge in [-0.05, 0) is 29.3 Å². The van der Waals surface area contributed by atoms with E-state index >= 15 is 0 Å². The van der Waals surface area contributed by atoms with Gasteiger partial charge in [0.25, 0.3) is 0 Å². The van der Waals surface area contributed by atoms with Crippen LogP contribution < -0.4 is 0 Å². The number of rotatable bonds is 4. The molecule has 0 fully saturated rings. The zero-order valence-corrected chi connectivity index (χ0v) is 12.9. The van der Waals surface area contributed by atoms with E-state index in [2.05, 4.69) is 41.4 Å². The Labute approximate surface area is 134 Å². The summed E-state index contributed by atoms with van der Waals surface area (Å²) in [5.41, 5.74) is 2.42. The number of hydrogen-bond donors (Lipinski definition) is 0. The highest BCUT2D eigenvalue weighted by atomic mass is 35.5. The van der Waals surface area contributed by atoms with Crippen molar-refractivity contribution in [3.8, 4) is 0 Å². The van der Waals surface area contributed by atoms with E-state index in [1.165, 1.54) is 11.1 Å². The van der Waals surface area contributed by atoms with Crippen molar-refractivity contribution in [2.75, 3.05) is 0 Å². The van der Waals surface area contributed by atoms with Gasteiger partial charge in [0.2, 0.25) is 0 Å². The molecule has 1 atom stereocenters. The minimum atomic E-state index is 0.180. The van der Waals surface area contributed by atoms with Crippen LogP contribution in [0.2, 0.25) is 5.02 Å². The topological polar surface area (TPSA) is 12.9 Å². The van der Waals surface area contributed by atoms with Gasteiger partial charge in [-0.15, -0.1) is 11.8 Å². The zero-order chi connectivity index (χ0) is 14.5. The molecule has 0 bridgehead atoms. The summed E-state index contributed by atoms with van der Waals surface area (Å²) >= 11 is 8.06. The molecule has 1 unspecified atom stereocenters. The summed E-state index contributed by atoms with van der Waals surface area (Å²) in [6, 6.07) is 22.5. The summed E-state index contributed by atoms with van der Waals surface area (Å²) in [4.78, 5) is 5.33. The van der Waals surface area contributed by atoms with Gasteiger partial charge in [-0.3, -0.25) is 4.98 Å². The second-order valence-corrected chi connectivity index (χ2v) is 6.18. The summed E-state index contributed by atoms with van der Waals surface area (Å²) in [5, 5.41) is 0.965. The third-order valence-corrected chi connectivity index (χ3v) is 5.00. The fraction of sp³-hybridized carbons (Fsp3) is 0.0556. The van der Waals surface area contributed by atoms with Crippen molar-refractivity contribution in [2.24, 2.45) is 0 Å². The van der Waals surface area contributed by atoms with Crippen LogP contribution in [-0.2, 0) is 0 Å². The Morgan fingerprint density at radius 2 is 1.52 bits per heavy atom. The van der Waals surface area contributed by atoms with Crippen molar-refractivity contribution in [1.82, 2.24) is 4.98 Å². The van der Waals surface area contributed by atoms with Crippen molar-refractivity contribution in [1.29, 1.82) is 0 Å². The average molecular weight is 312 g/mol. The molecule has 0 spiro atoms. The normalized spacial score (nSPS) is 12.0. The lowest BCUT2D eigenvalue weighted by atomic mass is 10.1. The van der Waals surface area contributed by atoms with Crippen molar-refractivity contribution >= 4 is 23.4 Å². The van der Waals surface area contributed by atoms with E-state index in [1.807, 2.05) is 36.5 Å².